The van der Waals surface area contributed by atoms with E-state index in [9.17, 15) is 9.90 Å². The number of hydrogen-bond acceptors (Lipinski definition) is 4. The zero-order valence-corrected chi connectivity index (χ0v) is 16.6. The van der Waals surface area contributed by atoms with Crippen molar-refractivity contribution in [2.24, 2.45) is 0 Å². The van der Waals surface area contributed by atoms with E-state index in [0.717, 1.165) is 17.7 Å². The monoisotopic (exact) mass is 388 g/mol. The number of carbonyl (C=O) groups is 1. The molecule has 4 nitrogen and oxygen atoms in total. The first-order valence-corrected chi connectivity index (χ1v) is 9.22. The van der Waals surface area contributed by atoms with Crippen LogP contribution in [-0.4, -0.2) is 29.7 Å². The second-order valence-electron chi connectivity index (χ2n) is 6.98. The molecule has 5 heteroatoms. The molecule has 0 amide bonds. The lowest BCUT2D eigenvalue weighted by Gasteiger charge is -2.26. The molecular formula is C22H25ClO4. The molecule has 1 N–H and O–H groups in total. The Morgan fingerprint density at radius 1 is 1.19 bits per heavy atom. The van der Waals surface area contributed by atoms with Gasteiger partial charge in [0.2, 0.25) is 0 Å². The van der Waals surface area contributed by atoms with E-state index in [1.54, 1.807) is 31.2 Å². The molecule has 1 unspecified atom stereocenters. The van der Waals surface area contributed by atoms with Crippen LogP contribution in [0.5, 0.6) is 11.5 Å². The number of carbonyl (C=O) groups excluding carboxylic acids is 1. The molecule has 1 saturated heterocycles. The van der Waals surface area contributed by atoms with Gasteiger partial charge in [-0.3, -0.25) is 0 Å². The van der Waals surface area contributed by atoms with E-state index in [1.807, 2.05) is 24.3 Å². The molecule has 0 saturated carbocycles. The van der Waals surface area contributed by atoms with E-state index in [2.05, 4.69) is 20.4 Å². The summed E-state index contributed by atoms with van der Waals surface area (Å²) in [6.07, 6.45) is 0.400. The number of benzene rings is 2. The highest BCUT2D eigenvalue weighted by molar-refractivity contribution is 6.18. The van der Waals surface area contributed by atoms with Crippen molar-refractivity contribution in [2.75, 3.05) is 12.5 Å². The van der Waals surface area contributed by atoms with Crippen molar-refractivity contribution in [3.8, 4) is 11.5 Å². The van der Waals surface area contributed by atoms with Gasteiger partial charge in [0.25, 0.3) is 0 Å². The molecule has 1 aliphatic heterocycles. The van der Waals surface area contributed by atoms with Gasteiger partial charge >= 0.3 is 5.97 Å². The van der Waals surface area contributed by atoms with Gasteiger partial charge in [-0.15, -0.1) is 11.6 Å². The molecule has 0 aromatic heterocycles. The van der Waals surface area contributed by atoms with Crippen LogP contribution < -0.4 is 4.74 Å². The van der Waals surface area contributed by atoms with Gasteiger partial charge in [-0.05, 0) is 42.3 Å². The van der Waals surface area contributed by atoms with Gasteiger partial charge in [0.15, 0.2) is 0 Å². The van der Waals surface area contributed by atoms with E-state index >= 15 is 0 Å². The van der Waals surface area contributed by atoms with Crippen LogP contribution in [0.15, 0.2) is 60.7 Å². The van der Waals surface area contributed by atoms with Crippen molar-refractivity contribution in [1.29, 1.82) is 0 Å². The van der Waals surface area contributed by atoms with Gasteiger partial charge < -0.3 is 14.6 Å². The Balaban J connectivity index is 0.000000451. The van der Waals surface area contributed by atoms with Crippen LogP contribution in [0.25, 0.3) is 0 Å². The van der Waals surface area contributed by atoms with Gasteiger partial charge in [-0.2, -0.15) is 0 Å². The summed E-state index contributed by atoms with van der Waals surface area (Å²) in [5.74, 6) is 0.991. The zero-order valence-electron chi connectivity index (χ0n) is 15.9. The molecule has 1 aliphatic rings. The van der Waals surface area contributed by atoms with Crippen LogP contribution in [0.4, 0.5) is 0 Å². The molecule has 3 rings (SSSR count). The number of epoxide rings is 1. The molecule has 0 radical (unpaired) electrons. The molecule has 2 aromatic carbocycles. The number of halogens is 1. The lowest BCUT2D eigenvalue weighted by molar-refractivity contribution is -0.130. The highest BCUT2D eigenvalue weighted by Crippen LogP contribution is 2.33. The van der Waals surface area contributed by atoms with Crippen LogP contribution in [-0.2, 0) is 14.9 Å². The van der Waals surface area contributed by atoms with E-state index < -0.39 is 5.97 Å². The Kier molecular flexibility index (Phi) is 7.05. The minimum Gasteiger partial charge on any atom is -0.508 e. The quantitative estimate of drug-likeness (QED) is 0.262. The second kappa shape index (κ2) is 9.07. The minimum atomic E-state index is -0.425. The first-order chi connectivity index (χ1) is 12.7. The maximum atomic E-state index is 11.5. The molecule has 0 spiro atoms. The summed E-state index contributed by atoms with van der Waals surface area (Å²) in [5.41, 5.74) is 2.34. The molecule has 0 bridgehead atoms. The van der Waals surface area contributed by atoms with E-state index in [4.69, 9.17) is 21.1 Å². The van der Waals surface area contributed by atoms with E-state index in [1.165, 1.54) is 0 Å². The summed E-state index contributed by atoms with van der Waals surface area (Å²) >= 11 is 5.27. The molecule has 1 atom stereocenters. The number of ether oxygens (including phenoxy) is 2. The average molecular weight is 389 g/mol. The fraction of sp³-hybridized carbons (Fsp3) is 0.318. The maximum Gasteiger partial charge on any atom is 0.338 e. The predicted molar refractivity (Wildman–Crippen MR) is 108 cm³/mol. The van der Waals surface area contributed by atoms with Crippen molar-refractivity contribution in [1.82, 2.24) is 0 Å². The highest BCUT2D eigenvalue weighted by atomic mass is 35.5. The largest absolute Gasteiger partial charge is 0.508 e. The Morgan fingerprint density at radius 2 is 1.67 bits per heavy atom. The van der Waals surface area contributed by atoms with Crippen molar-refractivity contribution < 1.29 is 19.4 Å². The summed E-state index contributed by atoms with van der Waals surface area (Å²) in [5, 5.41) is 9.40. The van der Waals surface area contributed by atoms with Crippen LogP contribution in [0, 0.1) is 0 Å². The highest BCUT2D eigenvalue weighted by Gasteiger charge is 2.23. The Hall–Kier alpha value is -2.30. The molecule has 1 heterocycles. The lowest BCUT2D eigenvalue weighted by atomic mass is 9.78. The third-order valence-corrected chi connectivity index (χ3v) is 4.64. The summed E-state index contributed by atoms with van der Waals surface area (Å²) in [4.78, 5) is 11.5. The van der Waals surface area contributed by atoms with Crippen molar-refractivity contribution >= 4 is 17.6 Å². The first kappa shape index (κ1) is 21.0. The van der Waals surface area contributed by atoms with E-state index in [0.29, 0.717) is 23.3 Å². The smallest absolute Gasteiger partial charge is 0.338 e. The van der Waals surface area contributed by atoms with Gasteiger partial charge in [-0.1, -0.05) is 44.7 Å². The van der Waals surface area contributed by atoms with Crippen LogP contribution in [0.3, 0.4) is 0 Å². The van der Waals surface area contributed by atoms with Crippen LogP contribution in [0.1, 0.15) is 31.9 Å². The van der Waals surface area contributed by atoms with Gasteiger partial charge in [0.1, 0.15) is 11.5 Å². The fourth-order valence-corrected chi connectivity index (χ4v) is 2.51. The average Bonchev–Trinajstić information content (AvgIpc) is 3.47. The lowest BCUT2D eigenvalue weighted by Crippen LogP contribution is -2.18. The molecule has 27 heavy (non-hydrogen) atoms. The molecule has 0 aliphatic carbocycles. The number of rotatable bonds is 5. The van der Waals surface area contributed by atoms with Crippen LogP contribution >= 0.6 is 11.6 Å². The molecule has 2 aromatic rings. The predicted octanol–water partition coefficient (Wildman–Crippen LogP) is 4.82. The minimum absolute atomic E-state index is 0.218. The SMILES string of the molecule is C=C(C)C(=O)Oc1ccc(C(C)(C)c2ccc(O)cc2)cc1.ClCC1CO1. The molecular weight excluding hydrogens is 364 g/mol. The van der Waals surface area contributed by atoms with Gasteiger partial charge in [-0.25, -0.2) is 4.79 Å². The molecule has 144 valence electrons. The van der Waals surface area contributed by atoms with Crippen molar-refractivity contribution in [2.45, 2.75) is 32.3 Å². The van der Waals surface area contributed by atoms with Crippen LogP contribution in [0.2, 0.25) is 0 Å². The fourth-order valence-electron chi connectivity index (χ4n) is 2.34. The standard InChI is InChI=1S/C19H20O3.C3H5ClO/c1-13(2)18(21)22-17-11-7-15(8-12-17)19(3,4)14-5-9-16(20)10-6-14;4-1-3-2-5-3/h5-12,20H,1H2,2-4H3;3H,1-2H2. The Bertz CT molecular complexity index is 775. The third kappa shape index (κ3) is 6.12. The molecule has 1 fully saturated rings. The van der Waals surface area contributed by atoms with Gasteiger partial charge in [0, 0.05) is 11.0 Å². The second-order valence-corrected chi connectivity index (χ2v) is 7.28. The van der Waals surface area contributed by atoms with Gasteiger partial charge in [0.05, 0.1) is 18.6 Å². The third-order valence-electron chi connectivity index (χ3n) is 4.30. The summed E-state index contributed by atoms with van der Waals surface area (Å²) in [6.45, 7) is 10.3. The Labute approximate surface area is 165 Å². The number of aromatic hydroxyl groups is 1. The maximum absolute atomic E-state index is 11.5. The van der Waals surface area contributed by atoms with Crippen molar-refractivity contribution in [3.05, 3.63) is 71.8 Å². The number of phenolic OH excluding ortho intramolecular Hbond substituents is 1. The number of phenols is 1. The number of hydrogen-bond donors (Lipinski definition) is 1. The summed E-state index contributed by atoms with van der Waals surface area (Å²) < 4.78 is 9.92. The number of alkyl halides is 1. The number of esters is 1. The van der Waals surface area contributed by atoms with E-state index in [-0.39, 0.29) is 11.2 Å². The summed E-state index contributed by atoms with van der Waals surface area (Å²) in [6, 6.07) is 14.6. The first-order valence-electron chi connectivity index (χ1n) is 8.69. The zero-order chi connectivity index (χ0) is 20.0. The van der Waals surface area contributed by atoms with Crippen molar-refractivity contribution in [3.63, 3.8) is 0 Å². The normalized spacial score (nSPS) is 15.3. The Morgan fingerprint density at radius 3 is 2.04 bits per heavy atom. The summed E-state index contributed by atoms with van der Waals surface area (Å²) in [7, 11) is 0. The topological polar surface area (TPSA) is 59.1 Å².